The minimum Gasteiger partial charge on any atom is -0.497 e. The molecule has 0 amide bonds. The second-order valence-corrected chi connectivity index (χ2v) is 8.26. The Labute approximate surface area is 144 Å². The zero-order valence-electron chi connectivity index (χ0n) is 12.9. The van der Waals surface area contributed by atoms with Crippen LogP contribution in [-0.2, 0) is 15.6 Å². The predicted octanol–water partition coefficient (Wildman–Crippen LogP) is 3.62. The minimum absolute atomic E-state index is 0.0287. The van der Waals surface area contributed by atoms with Gasteiger partial charge in [-0.05, 0) is 42.0 Å². The van der Waals surface area contributed by atoms with E-state index in [1.807, 2.05) is 0 Å². The number of carbonyl (C=O) groups is 1. The van der Waals surface area contributed by atoms with E-state index in [-0.39, 0.29) is 17.3 Å². The summed E-state index contributed by atoms with van der Waals surface area (Å²) in [5.74, 6) is 0.612. The normalized spacial score (nSPS) is 11.3. The Balaban J connectivity index is 2.27. The lowest BCUT2D eigenvalue weighted by Gasteiger charge is -2.08. The molecule has 0 saturated heterocycles. The summed E-state index contributed by atoms with van der Waals surface area (Å²) in [6, 6.07) is 11.9. The number of benzene rings is 2. The predicted molar refractivity (Wildman–Crippen MR) is 93.7 cm³/mol. The highest BCUT2D eigenvalue weighted by Gasteiger charge is 2.15. The first kappa shape index (κ1) is 17.7. The summed E-state index contributed by atoms with van der Waals surface area (Å²) in [5, 5.41) is 0. The van der Waals surface area contributed by atoms with Gasteiger partial charge in [0.05, 0.1) is 12.9 Å². The third-order valence-corrected chi connectivity index (χ3v) is 5.77. The van der Waals surface area contributed by atoms with Crippen molar-refractivity contribution in [2.45, 2.75) is 12.7 Å². The van der Waals surface area contributed by atoms with E-state index in [1.54, 1.807) is 56.5 Å². The number of rotatable bonds is 6. The molecule has 2 aromatic rings. The summed E-state index contributed by atoms with van der Waals surface area (Å²) in [7, 11) is -1.54. The van der Waals surface area contributed by atoms with Crippen LogP contribution in [0, 0.1) is 0 Å². The van der Waals surface area contributed by atoms with Gasteiger partial charge in [-0.1, -0.05) is 28.9 Å². The van der Waals surface area contributed by atoms with E-state index >= 15 is 0 Å². The number of sulfone groups is 1. The SMILES string of the molecule is CCS(=O)(=O)Cc1ccc(C(=O)c2ccc(OC)cc2)c(Br)c1. The molecule has 2 rings (SSSR count). The first-order valence-electron chi connectivity index (χ1n) is 7.04. The van der Waals surface area contributed by atoms with Gasteiger partial charge in [0.25, 0.3) is 0 Å². The fourth-order valence-corrected chi connectivity index (χ4v) is 3.58. The van der Waals surface area contributed by atoms with E-state index in [9.17, 15) is 13.2 Å². The summed E-state index contributed by atoms with van der Waals surface area (Å²) in [5.41, 5.74) is 1.69. The Morgan fingerprint density at radius 3 is 2.30 bits per heavy atom. The van der Waals surface area contributed by atoms with Crippen molar-refractivity contribution in [3.05, 3.63) is 63.6 Å². The number of hydrogen-bond donors (Lipinski definition) is 0. The Kier molecular flexibility index (Phi) is 5.59. The number of ketones is 1. The maximum atomic E-state index is 12.5. The average Bonchev–Trinajstić information content (AvgIpc) is 2.54. The summed E-state index contributed by atoms with van der Waals surface area (Å²) in [6.07, 6.45) is 0. The van der Waals surface area contributed by atoms with Crippen LogP contribution in [0.3, 0.4) is 0 Å². The molecule has 0 fully saturated rings. The fourth-order valence-electron chi connectivity index (χ4n) is 2.09. The van der Waals surface area contributed by atoms with E-state index in [0.717, 1.165) is 0 Å². The van der Waals surface area contributed by atoms with Gasteiger partial charge < -0.3 is 4.74 Å². The molecule has 0 N–H and O–H groups in total. The van der Waals surface area contributed by atoms with Crippen LogP contribution in [0.25, 0.3) is 0 Å². The molecule has 2 aromatic carbocycles. The van der Waals surface area contributed by atoms with Gasteiger partial charge >= 0.3 is 0 Å². The number of ether oxygens (including phenoxy) is 1. The van der Waals surface area contributed by atoms with Crippen molar-refractivity contribution in [3.63, 3.8) is 0 Å². The molecule has 0 atom stereocenters. The standard InChI is InChI=1S/C17H17BrO4S/c1-3-23(20,21)11-12-4-9-15(16(18)10-12)17(19)13-5-7-14(22-2)8-6-13/h4-10H,3,11H2,1-2H3. The van der Waals surface area contributed by atoms with E-state index < -0.39 is 9.84 Å². The number of carbonyl (C=O) groups excluding carboxylic acids is 1. The van der Waals surface area contributed by atoms with Crippen LogP contribution in [0.4, 0.5) is 0 Å². The van der Waals surface area contributed by atoms with E-state index in [2.05, 4.69) is 15.9 Å². The third-order valence-electron chi connectivity index (χ3n) is 3.46. The van der Waals surface area contributed by atoms with Crippen molar-refractivity contribution in [1.29, 1.82) is 0 Å². The summed E-state index contributed by atoms with van der Waals surface area (Å²) in [6.45, 7) is 1.62. The summed E-state index contributed by atoms with van der Waals surface area (Å²) in [4.78, 5) is 12.5. The van der Waals surface area contributed by atoms with Crippen molar-refractivity contribution in [2.24, 2.45) is 0 Å². The van der Waals surface area contributed by atoms with Gasteiger partial charge in [-0.2, -0.15) is 0 Å². The van der Waals surface area contributed by atoms with Crippen LogP contribution in [0.2, 0.25) is 0 Å². The average molecular weight is 397 g/mol. The molecule has 0 aliphatic heterocycles. The van der Waals surface area contributed by atoms with Crippen LogP contribution in [0.1, 0.15) is 28.4 Å². The van der Waals surface area contributed by atoms with Crippen molar-refractivity contribution < 1.29 is 17.9 Å². The van der Waals surface area contributed by atoms with Gasteiger partial charge in [0, 0.05) is 21.4 Å². The van der Waals surface area contributed by atoms with Gasteiger partial charge in [-0.25, -0.2) is 8.42 Å². The molecule has 0 unspecified atom stereocenters. The Hall–Kier alpha value is -1.66. The molecule has 6 heteroatoms. The quantitative estimate of drug-likeness (QED) is 0.699. The molecule has 122 valence electrons. The number of halogens is 1. The molecular weight excluding hydrogens is 380 g/mol. The van der Waals surface area contributed by atoms with Gasteiger partial charge in [0.2, 0.25) is 0 Å². The first-order valence-corrected chi connectivity index (χ1v) is 9.65. The fraction of sp³-hybridized carbons (Fsp3) is 0.235. The largest absolute Gasteiger partial charge is 0.497 e. The highest BCUT2D eigenvalue weighted by molar-refractivity contribution is 9.10. The Morgan fingerprint density at radius 1 is 1.13 bits per heavy atom. The lowest BCUT2D eigenvalue weighted by Crippen LogP contribution is -2.08. The second-order valence-electron chi connectivity index (χ2n) is 5.05. The molecule has 0 aromatic heterocycles. The van der Waals surface area contributed by atoms with Crippen molar-refractivity contribution in [1.82, 2.24) is 0 Å². The molecule has 4 nitrogen and oxygen atoms in total. The van der Waals surface area contributed by atoms with Crippen molar-refractivity contribution >= 4 is 31.6 Å². The molecule has 0 aliphatic rings. The summed E-state index contributed by atoms with van der Waals surface area (Å²) >= 11 is 3.36. The lowest BCUT2D eigenvalue weighted by atomic mass is 10.0. The Morgan fingerprint density at radius 2 is 1.78 bits per heavy atom. The van der Waals surface area contributed by atoms with Crippen molar-refractivity contribution in [3.8, 4) is 5.75 Å². The van der Waals surface area contributed by atoms with E-state index in [1.165, 1.54) is 0 Å². The van der Waals surface area contributed by atoms with Gasteiger partial charge in [0.1, 0.15) is 5.75 Å². The second kappa shape index (κ2) is 7.27. The smallest absolute Gasteiger partial charge is 0.194 e. The van der Waals surface area contributed by atoms with Crippen molar-refractivity contribution in [2.75, 3.05) is 12.9 Å². The monoisotopic (exact) mass is 396 g/mol. The highest BCUT2D eigenvalue weighted by atomic mass is 79.9. The minimum atomic E-state index is -3.10. The van der Waals surface area contributed by atoms with Crippen LogP contribution in [0.5, 0.6) is 5.75 Å². The molecule has 0 spiro atoms. The van der Waals surface area contributed by atoms with E-state index in [0.29, 0.717) is 26.9 Å². The van der Waals surface area contributed by atoms with E-state index in [4.69, 9.17) is 4.74 Å². The zero-order chi connectivity index (χ0) is 17.0. The molecule has 0 aliphatic carbocycles. The maximum Gasteiger partial charge on any atom is 0.194 e. The van der Waals surface area contributed by atoms with Crippen LogP contribution in [-0.4, -0.2) is 27.1 Å². The topological polar surface area (TPSA) is 60.4 Å². The van der Waals surface area contributed by atoms with Crippen LogP contribution >= 0.6 is 15.9 Å². The first-order chi connectivity index (χ1) is 10.9. The highest BCUT2D eigenvalue weighted by Crippen LogP contribution is 2.24. The molecule has 23 heavy (non-hydrogen) atoms. The number of methoxy groups -OCH3 is 1. The van der Waals surface area contributed by atoms with Gasteiger partial charge in [-0.15, -0.1) is 0 Å². The molecule has 0 bridgehead atoms. The van der Waals surface area contributed by atoms with Crippen LogP contribution in [0.15, 0.2) is 46.9 Å². The molecular formula is C17H17BrO4S. The molecule has 0 radical (unpaired) electrons. The third kappa shape index (κ3) is 4.42. The zero-order valence-corrected chi connectivity index (χ0v) is 15.3. The molecule has 0 saturated carbocycles. The molecule has 0 heterocycles. The van der Waals surface area contributed by atoms with Crippen LogP contribution < -0.4 is 4.74 Å². The lowest BCUT2D eigenvalue weighted by molar-refractivity contribution is 0.103. The Bertz CT molecular complexity index is 811. The van der Waals surface area contributed by atoms with Gasteiger partial charge in [0.15, 0.2) is 15.6 Å². The van der Waals surface area contributed by atoms with Gasteiger partial charge in [-0.3, -0.25) is 4.79 Å². The maximum absolute atomic E-state index is 12.5. The summed E-state index contributed by atoms with van der Waals surface area (Å²) < 4.78 is 29.0. The number of hydrogen-bond acceptors (Lipinski definition) is 4.